The van der Waals surface area contributed by atoms with E-state index in [0.717, 1.165) is 13.1 Å². The number of rotatable bonds is 3. The molecule has 82 valence electrons. The van der Waals surface area contributed by atoms with E-state index in [9.17, 15) is 4.79 Å². The first-order valence-electron chi connectivity index (χ1n) is 4.70. The molecule has 15 heavy (non-hydrogen) atoms. The molecule has 0 aliphatic carbocycles. The smallest absolute Gasteiger partial charge is 0.358 e. The molecule has 0 aromatic carbocycles. The van der Waals surface area contributed by atoms with Crippen LogP contribution in [0, 0.1) is 0 Å². The van der Waals surface area contributed by atoms with Crippen molar-refractivity contribution in [3.63, 3.8) is 0 Å². The van der Waals surface area contributed by atoms with Gasteiger partial charge < -0.3 is 9.84 Å². The number of morpholine rings is 1. The molecule has 1 fully saturated rings. The molecule has 0 saturated carbocycles. The van der Waals surface area contributed by atoms with Crippen LogP contribution < -0.4 is 0 Å². The van der Waals surface area contributed by atoms with E-state index in [4.69, 9.17) is 9.84 Å². The minimum atomic E-state index is -1.05. The minimum Gasteiger partial charge on any atom is -0.476 e. The molecule has 1 saturated heterocycles. The van der Waals surface area contributed by atoms with Crippen LogP contribution in [-0.4, -0.2) is 57.7 Å². The standard InChI is InChI=1S/C8H12N4O3/c13-8(14)7-6(9-11-10-7)5-12-1-3-15-4-2-12/h1-5H2,(H,13,14)(H,9,10,11). The van der Waals surface area contributed by atoms with Crippen molar-refractivity contribution in [1.29, 1.82) is 0 Å². The molecule has 7 heteroatoms. The molecule has 0 spiro atoms. The summed E-state index contributed by atoms with van der Waals surface area (Å²) in [4.78, 5) is 12.8. The highest BCUT2D eigenvalue weighted by atomic mass is 16.5. The fraction of sp³-hybridized carbons (Fsp3) is 0.625. The van der Waals surface area contributed by atoms with Crippen LogP contribution in [0.2, 0.25) is 0 Å². The van der Waals surface area contributed by atoms with Gasteiger partial charge in [0, 0.05) is 19.6 Å². The molecule has 0 amide bonds. The van der Waals surface area contributed by atoms with Gasteiger partial charge in [0.25, 0.3) is 0 Å². The van der Waals surface area contributed by atoms with Crippen LogP contribution >= 0.6 is 0 Å². The molecular formula is C8H12N4O3. The molecule has 7 nitrogen and oxygen atoms in total. The molecule has 1 aliphatic heterocycles. The van der Waals surface area contributed by atoms with Gasteiger partial charge in [0.15, 0.2) is 5.69 Å². The number of carboxylic acids is 1. The zero-order valence-corrected chi connectivity index (χ0v) is 8.14. The molecule has 2 N–H and O–H groups in total. The molecule has 2 rings (SSSR count). The lowest BCUT2D eigenvalue weighted by Gasteiger charge is -2.25. The number of nitrogens with zero attached hydrogens (tertiary/aromatic N) is 3. The summed E-state index contributed by atoms with van der Waals surface area (Å²) in [6.07, 6.45) is 0. The van der Waals surface area contributed by atoms with Gasteiger partial charge in [-0.25, -0.2) is 4.79 Å². The molecule has 1 aromatic rings. The summed E-state index contributed by atoms with van der Waals surface area (Å²) in [6, 6.07) is 0. The summed E-state index contributed by atoms with van der Waals surface area (Å²) < 4.78 is 5.19. The molecule has 0 atom stereocenters. The van der Waals surface area contributed by atoms with Gasteiger partial charge >= 0.3 is 5.97 Å². The number of aromatic amines is 1. The monoisotopic (exact) mass is 212 g/mol. The average molecular weight is 212 g/mol. The van der Waals surface area contributed by atoms with Gasteiger partial charge in [0.2, 0.25) is 0 Å². The molecule has 0 unspecified atom stereocenters. The second-order valence-electron chi connectivity index (χ2n) is 3.31. The summed E-state index contributed by atoms with van der Waals surface area (Å²) in [6.45, 7) is 3.46. The zero-order chi connectivity index (χ0) is 10.7. The Bertz CT molecular complexity index is 345. The Kier molecular flexibility index (Phi) is 2.93. The minimum absolute atomic E-state index is 0.00138. The van der Waals surface area contributed by atoms with Crippen LogP contribution in [0.1, 0.15) is 16.2 Å². The number of H-pyrrole nitrogens is 1. The van der Waals surface area contributed by atoms with E-state index < -0.39 is 5.97 Å². The van der Waals surface area contributed by atoms with Gasteiger partial charge in [-0.2, -0.15) is 10.3 Å². The molecule has 1 aliphatic rings. The Balaban J connectivity index is 2.03. The highest BCUT2D eigenvalue weighted by Gasteiger charge is 2.19. The van der Waals surface area contributed by atoms with Crippen molar-refractivity contribution in [3.05, 3.63) is 11.4 Å². The topological polar surface area (TPSA) is 91.3 Å². The summed E-state index contributed by atoms with van der Waals surface area (Å²) in [7, 11) is 0. The van der Waals surface area contributed by atoms with E-state index in [2.05, 4.69) is 20.3 Å². The number of carbonyl (C=O) groups is 1. The maximum absolute atomic E-state index is 10.8. The molecule has 2 heterocycles. The van der Waals surface area contributed by atoms with Crippen LogP contribution in [0.25, 0.3) is 0 Å². The van der Waals surface area contributed by atoms with E-state index in [1.165, 1.54) is 0 Å². The van der Waals surface area contributed by atoms with Gasteiger partial charge in [-0.1, -0.05) is 0 Å². The van der Waals surface area contributed by atoms with E-state index >= 15 is 0 Å². The summed E-state index contributed by atoms with van der Waals surface area (Å²) >= 11 is 0. The molecule has 1 aromatic heterocycles. The lowest BCUT2D eigenvalue weighted by molar-refractivity contribution is 0.0333. The van der Waals surface area contributed by atoms with Crippen molar-refractivity contribution in [1.82, 2.24) is 20.3 Å². The quantitative estimate of drug-likeness (QED) is 0.690. The van der Waals surface area contributed by atoms with E-state index in [1.54, 1.807) is 0 Å². The highest BCUT2D eigenvalue weighted by molar-refractivity contribution is 5.86. The number of nitrogens with one attached hydrogen (secondary N) is 1. The third kappa shape index (κ3) is 2.31. The Labute approximate surface area is 86.0 Å². The zero-order valence-electron chi connectivity index (χ0n) is 8.14. The third-order valence-electron chi connectivity index (χ3n) is 2.30. The van der Waals surface area contributed by atoms with Crippen molar-refractivity contribution in [2.75, 3.05) is 26.3 Å². The number of hydrogen-bond donors (Lipinski definition) is 2. The number of hydrogen-bond acceptors (Lipinski definition) is 5. The van der Waals surface area contributed by atoms with E-state index in [1.807, 2.05) is 0 Å². The first kappa shape index (κ1) is 10.1. The Hall–Kier alpha value is -1.47. The first-order chi connectivity index (χ1) is 7.27. The van der Waals surface area contributed by atoms with Crippen LogP contribution in [0.3, 0.4) is 0 Å². The van der Waals surface area contributed by atoms with Gasteiger partial charge in [0.1, 0.15) is 5.69 Å². The maximum atomic E-state index is 10.8. The largest absolute Gasteiger partial charge is 0.476 e. The van der Waals surface area contributed by atoms with Gasteiger partial charge in [-0.05, 0) is 0 Å². The van der Waals surface area contributed by atoms with Gasteiger partial charge in [-0.15, -0.1) is 5.10 Å². The second-order valence-corrected chi connectivity index (χ2v) is 3.31. The Morgan fingerprint density at radius 2 is 2.20 bits per heavy atom. The van der Waals surface area contributed by atoms with Crippen LogP contribution in [0.15, 0.2) is 0 Å². The average Bonchev–Trinajstić information content (AvgIpc) is 2.67. The van der Waals surface area contributed by atoms with E-state index in [0.29, 0.717) is 25.5 Å². The van der Waals surface area contributed by atoms with Gasteiger partial charge in [-0.3, -0.25) is 4.90 Å². The van der Waals surface area contributed by atoms with Crippen molar-refractivity contribution in [2.45, 2.75) is 6.54 Å². The number of aromatic nitrogens is 3. The van der Waals surface area contributed by atoms with Crippen molar-refractivity contribution in [2.24, 2.45) is 0 Å². The van der Waals surface area contributed by atoms with Crippen molar-refractivity contribution in [3.8, 4) is 0 Å². The van der Waals surface area contributed by atoms with E-state index in [-0.39, 0.29) is 5.69 Å². The normalized spacial score (nSPS) is 17.9. The lowest BCUT2D eigenvalue weighted by atomic mass is 10.3. The first-order valence-corrected chi connectivity index (χ1v) is 4.70. The molecule has 0 bridgehead atoms. The fourth-order valence-electron chi connectivity index (χ4n) is 1.51. The molecular weight excluding hydrogens is 200 g/mol. The second kappa shape index (κ2) is 4.37. The third-order valence-corrected chi connectivity index (χ3v) is 2.30. The highest BCUT2D eigenvalue weighted by Crippen LogP contribution is 2.07. The predicted molar refractivity (Wildman–Crippen MR) is 49.4 cm³/mol. The summed E-state index contributed by atoms with van der Waals surface area (Å²) in [5.74, 6) is -1.05. The maximum Gasteiger partial charge on any atom is 0.358 e. The molecule has 0 radical (unpaired) electrons. The van der Waals surface area contributed by atoms with Crippen LogP contribution in [0.4, 0.5) is 0 Å². The van der Waals surface area contributed by atoms with Crippen LogP contribution in [0.5, 0.6) is 0 Å². The lowest BCUT2D eigenvalue weighted by Crippen LogP contribution is -2.36. The summed E-state index contributed by atoms with van der Waals surface area (Å²) in [5.41, 5.74) is 0.478. The Morgan fingerprint density at radius 3 is 2.87 bits per heavy atom. The van der Waals surface area contributed by atoms with Crippen molar-refractivity contribution >= 4 is 5.97 Å². The summed E-state index contributed by atoms with van der Waals surface area (Å²) in [5, 5.41) is 18.6. The number of aromatic carboxylic acids is 1. The van der Waals surface area contributed by atoms with Crippen molar-refractivity contribution < 1.29 is 14.6 Å². The number of carboxylic acid groups (broad SMARTS) is 1. The number of ether oxygens (including phenoxy) is 1. The predicted octanol–water partition coefficient (Wildman–Crippen LogP) is -0.665. The SMILES string of the molecule is O=C(O)c1n[nH]nc1CN1CCOCC1. The van der Waals surface area contributed by atoms with Gasteiger partial charge in [0.05, 0.1) is 13.2 Å². The Morgan fingerprint density at radius 1 is 1.47 bits per heavy atom. The van der Waals surface area contributed by atoms with Crippen LogP contribution in [-0.2, 0) is 11.3 Å². The fourth-order valence-corrected chi connectivity index (χ4v) is 1.51.